The summed E-state index contributed by atoms with van der Waals surface area (Å²) in [5.74, 6) is 0.302. The fourth-order valence-corrected chi connectivity index (χ4v) is 2.37. The number of pyridine rings is 1. The van der Waals surface area contributed by atoms with Crippen molar-refractivity contribution in [3.05, 3.63) is 47.3 Å². The summed E-state index contributed by atoms with van der Waals surface area (Å²) in [5, 5.41) is 18.5. The first-order valence-electron chi connectivity index (χ1n) is 6.86. The zero-order valence-electron chi connectivity index (χ0n) is 12.4. The van der Waals surface area contributed by atoms with E-state index in [1.165, 1.54) is 0 Å². The summed E-state index contributed by atoms with van der Waals surface area (Å²) in [7, 11) is 1.90. The van der Waals surface area contributed by atoms with E-state index in [9.17, 15) is 5.11 Å². The maximum absolute atomic E-state index is 9.71. The van der Waals surface area contributed by atoms with Crippen LogP contribution in [0.25, 0.3) is 11.0 Å². The Hall–Kier alpha value is -2.56. The van der Waals surface area contributed by atoms with Crippen LogP contribution in [-0.4, -0.2) is 19.9 Å². The number of nitrogens with one attached hydrogen (secondary N) is 1. The summed E-state index contributed by atoms with van der Waals surface area (Å²) in [4.78, 5) is 4.46. The van der Waals surface area contributed by atoms with Crippen molar-refractivity contribution in [1.29, 1.82) is 0 Å². The quantitative estimate of drug-likeness (QED) is 0.775. The molecule has 2 N–H and O–H groups in total. The molecule has 0 fully saturated rings. The van der Waals surface area contributed by atoms with E-state index in [2.05, 4.69) is 21.5 Å². The normalized spacial score (nSPS) is 11.0. The van der Waals surface area contributed by atoms with Gasteiger partial charge in [-0.1, -0.05) is 6.07 Å². The lowest BCUT2D eigenvalue weighted by Crippen LogP contribution is -2.00. The number of benzene rings is 1. The third-order valence-electron chi connectivity index (χ3n) is 3.63. The predicted octanol–water partition coefficient (Wildman–Crippen LogP) is 2.90. The van der Waals surface area contributed by atoms with Crippen LogP contribution in [-0.2, 0) is 13.6 Å². The number of hydrogen-bond donors (Lipinski definition) is 2. The summed E-state index contributed by atoms with van der Waals surface area (Å²) in [6, 6.07) is 7.68. The van der Waals surface area contributed by atoms with Crippen molar-refractivity contribution in [2.24, 2.45) is 7.05 Å². The predicted molar refractivity (Wildman–Crippen MR) is 83.4 cm³/mol. The van der Waals surface area contributed by atoms with Crippen molar-refractivity contribution >= 4 is 16.7 Å². The third kappa shape index (κ3) is 2.54. The Balaban J connectivity index is 1.81. The standard InChI is InChI=1S/C16H18N4O/c1-10-4-5-13(7-15(10)21)17-8-12-6-14-11(2)19-20(3)16(14)18-9-12/h4-7,9,17,21H,8H2,1-3H3. The van der Waals surface area contributed by atoms with Gasteiger partial charge in [-0.05, 0) is 37.1 Å². The number of rotatable bonds is 3. The van der Waals surface area contributed by atoms with Gasteiger partial charge >= 0.3 is 0 Å². The molecule has 3 aromatic rings. The summed E-state index contributed by atoms with van der Waals surface area (Å²) in [5.41, 5.74) is 4.72. The van der Waals surface area contributed by atoms with Crippen molar-refractivity contribution in [3.8, 4) is 5.75 Å². The van der Waals surface area contributed by atoms with Gasteiger partial charge in [0.25, 0.3) is 0 Å². The van der Waals surface area contributed by atoms with Crippen LogP contribution >= 0.6 is 0 Å². The zero-order chi connectivity index (χ0) is 15.0. The molecule has 21 heavy (non-hydrogen) atoms. The molecular weight excluding hydrogens is 264 g/mol. The Morgan fingerprint density at radius 2 is 2.05 bits per heavy atom. The van der Waals surface area contributed by atoms with Crippen LogP contribution in [0.3, 0.4) is 0 Å². The highest BCUT2D eigenvalue weighted by Gasteiger charge is 2.07. The van der Waals surface area contributed by atoms with Crippen molar-refractivity contribution in [2.45, 2.75) is 20.4 Å². The number of aromatic hydroxyl groups is 1. The average molecular weight is 282 g/mol. The molecule has 3 rings (SSSR count). The molecule has 0 aliphatic heterocycles. The molecule has 1 aromatic carbocycles. The molecule has 5 heteroatoms. The Morgan fingerprint density at radius 3 is 2.81 bits per heavy atom. The molecule has 0 unspecified atom stereocenters. The fraction of sp³-hybridized carbons (Fsp3) is 0.250. The van der Waals surface area contributed by atoms with Gasteiger partial charge in [0.1, 0.15) is 5.75 Å². The average Bonchev–Trinajstić information content (AvgIpc) is 2.75. The van der Waals surface area contributed by atoms with E-state index in [1.807, 2.05) is 39.2 Å². The van der Waals surface area contributed by atoms with Gasteiger partial charge in [0.15, 0.2) is 5.65 Å². The highest BCUT2D eigenvalue weighted by Crippen LogP contribution is 2.22. The highest BCUT2D eigenvalue weighted by atomic mass is 16.3. The number of phenolic OH excluding ortho intramolecular Hbond substituents is 1. The van der Waals surface area contributed by atoms with Crippen molar-refractivity contribution in [1.82, 2.24) is 14.8 Å². The Morgan fingerprint density at radius 1 is 1.24 bits per heavy atom. The lowest BCUT2D eigenvalue weighted by molar-refractivity contribution is 0.471. The number of fused-ring (bicyclic) bond motifs is 1. The van der Waals surface area contributed by atoms with Gasteiger partial charge in [-0.3, -0.25) is 4.68 Å². The number of aromatic nitrogens is 3. The van der Waals surface area contributed by atoms with E-state index < -0.39 is 0 Å². The topological polar surface area (TPSA) is 63.0 Å². The van der Waals surface area contributed by atoms with E-state index in [0.717, 1.165) is 33.5 Å². The monoisotopic (exact) mass is 282 g/mol. The third-order valence-corrected chi connectivity index (χ3v) is 3.63. The van der Waals surface area contributed by atoms with E-state index in [0.29, 0.717) is 12.3 Å². The first-order valence-corrected chi connectivity index (χ1v) is 6.86. The van der Waals surface area contributed by atoms with E-state index >= 15 is 0 Å². The van der Waals surface area contributed by atoms with Crippen molar-refractivity contribution < 1.29 is 5.11 Å². The molecule has 0 bridgehead atoms. The molecule has 0 spiro atoms. The lowest BCUT2D eigenvalue weighted by atomic mass is 10.2. The van der Waals surface area contributed by atoms with Gasteiger partial charge in [0.2, 0.25) is 0 Å². The van der Waals surface area contributed by atoms with Gasteiger partial charge in [-0.15, -0.1) is 0 Å². The van der Waals surface area contributed by atoms with Gasteiger partial charge in [0, 0.05) is 36.9 Å². The van der Waals surface area contributed by atoms with Gasteiger partial charge < -0.3 is 10.4 Å². The minimum atomic E-state index is 0.302. The van der Waals surface area contributed by atoms with Crippen LogP contribution in [0.5, 0.6) is 5.75 Å². The number of hydrogen-bond acceptors (Lipinski definition) is 4. The summed E-state index contributed by atoms with van der Waals surface area (Å²) in [6.07, 6.45) is 1.85. The number of nitrogens with zero attached hydrogens (tertiary/aromatic N) is 3. The maximum atomic E-state index is 9.71. The summed E-state index contributed by atoms with van der Waals surface area (Å²) >= 11 is 0. The van der Waals surface area contributed by atoms with Crippen LogP contribution < -0.4 is 5.32 Å². The summed E-state index contributed by atoms with van der Waals surface area (Å²) < 4.78 is 1.79. The first-order chi connectivity index (χ1) is 10.0. The molecule has 0 amide bonds. The van der Waals surface area contributed by atoms with E-state index in [-0.39, 0.29) is 0 Å². The molecule has 0 saturated heterocycles. The second-order valence-electron chi connectivity index (χ2n) is 5.28. The molecule has 2 heterocycles. The molecule has 108 valence electrons. The molecule has 0 atom stereocenters. The van der Waals surface area contributed by atoms with Crippen LogP contribution in [0.1, 0.15) is 16.8 Å². The SMILES string of the molecule is Cc1ccc(NCc2cnc3c(c2)c(C)nn3C)cc1O. The summed E-state index contributed by atoms with van der Waals surface area (Å²) in [6.45, 7) is 4.52. The second-order valence-corrected chi connectivity index (χ2v) is 5.28. The Kier molecular flexibility index (Phi) is 3.25. The molecule has 0 aliphatic rings. The Labute approximate surface area is 123 Å². The fourth-order valence-electron chi connectivity index (χ4n) is 2.37. The van der Waals surface area contributed by atoms with Gasteiger partial charge in [0.05, 0.1) is 5.69 Å². The van der Waals surface area contributed by atoms with Crippen LogP contribution in [0.4, 0.5) is 5.69 Å². The van der Waals surface area contributed by atoms with Gasteiger partial charge in [-0.2, -0.15) is 5.10 Å². The van der Waals surface area contributed by atoms with Crippen molar-refractivity contribution in [3.63, 3.8) is 0 Å². The number of phenols is 1. The maximum Gasteiger partial charge on any atom is 0.157 e. The van der Waals surface area contributed by atoms with Gasteiger partial charge in [-0.25, -0.2) is 4.98 Å². The highest BCUT2D eigenvalue weighted by molar-refractivity contribution is 5.78. The van der Waals surface area contributed by atoms with Crippen LogP contribution in [0.15, 0.2) is 30.5 Å². The first kappa shape index (κ1) is 13.4. The molecule has 0 aliphatic carbocycles. The molecule has 2 aromatic heterocycles. The van der Waals surface area contributed by atoms with Crippen molar-refractivity contribution in [2.75, 3.05) is 5.32 Å². The zero-order valence-corrected chi connectivity index (χ0v) is 12.4. The molecule has 0 radical (unpaired) electrons. The lowest BCUT2D eigenvalue weighted by Gasteiger charge is -2.08. The second kappa shape index (κ2) is 5.09. The number of anilines is 1. The van der Waals surface area contributed by atoms with Crippen LogP contribution in [0, 0.1) is 13.8 Å². The van der Waals surface area contributed by atoms with E-state index in [1.54, 1.807) is 10.7 Å². The largest absolute Gasteiger partial charge is 0.508 e. The molecular formula is C16H18N4O. The minimum Gasteiger partial charge on any atom is -0.508 e. The smallest absolute Gasteiger partial charge is 0.157 e. The Bertz CT molecular complexity index is 807. The van der Waals surface area contributed by atoms with Crippen LogP contribution in [0.2, 0.25) is 0 Å². The molecule has 5 nitrogen and oxygen atoms in total. The molecule has 0 saturated carbocycles. The number of aryl methyl sites for hydroxylation is 3. The van der Waals surface area contributed by atoms with E-state index in [4.69, 9.17) is 0 Å². The minimum absolute atomic E-state index is 0.302.